The number of hydrogen-bond acceptors (Lipinski definition) is 6. The number of fused-ring (bicyclic) bond motifs is 2. The Morgan fingerprint density at radius 2 is 2.00 bits per heavy atom. The number of carbonyl (C=O) groups is 3. The van der Waals surface area contributed by atoms with Crippen molar-refractivity contribution in [2.24, 2.45) is 11.8 Å². The van der Waals surface area contributed by atoms with Crippen molar-refractivity contribution >= 4 is 29.5 Å². The van der Waals surface area contributed by atoms with E-state index in [1.165, 1.54) is 11.8 Å². The van der Waals surface area contributed by atoms with Crippen molar-refractivity contribution in [2.45, 2.75) is 68.2 Å². The average Bonchev–Trinajstić information content (AvgIpc) is 3.06. The first kappa shape index (κ1) is 22.4. The SMILES string of the molecule is CC[C@@H](CO)N1C(=O)[C@@H]2[C@H]3C(=O)OCCC=C[C@H]3S[C@@]23C=CCN(C(C)(C)C)C(=O)C13. The highest BCUT2D eigenvalue weighted by atomic mass is 32.2. The molecule has 2 amide bonds. The monoisotopic (exact) mass is 448 g/mol. The van der Waals surface area contributed by atoms with Crippen LogP contribution in [0.25, 0.3) is 0 Å². The van der Waals surface area contributed by atoms with Crippen LogP contribution in [0.3, 0.4) is 0 Å². The molecule has 170 valence electrons. The third-order valence-corrected chi connectivity index (χ3v) is 8.69. The van der Waals surface area contributed by atoms with E-state index in [1.807, 2.05) is 52.0 Å². The van der Waals surface area contributed by atoms with E-state index in [2.05, 4.69) is 0 Å². The number of carbonyl (C=O) groups excluding carboxylic acids is 3. The van der Waals surface area contributed by atoms with Gasteiger partial charge in [-0.15, -0.1) is 11.8 Å². The highest BCUT2D eigenvalue weighted by molar-refractivity contribution is 8.02. The Morgan fingerprint density at radius 3 is 2.65 bits per heavy atom. The van der Waals surface area contributed by atoms with E-state index in [-0.39, 0.29) is 29.6 Å². The number of amides is 2. The largest absolute Gasteiger partial charge is 0.465 e. The smallest absolute Gasteiger partial charge is 0.311 e. The van der Waals surface area contributed by atoms with Crippen LogP contribution in [0.5, 0.6) is 0 Å². The number of likely N-dealkylation sites (tertiary alicyclic amines) is 1. The van der Waals surface area contributed by atoms with E-state index in [1.54, 1.807) is 9.80 Å². The summed E-state index contributed by atoms with van der Waals surface area (Å²) >= 11 is 1.53. The number of hydrogen-bond donors (Lipinski definition) is 1. The Labute approximate surface area is 187 Å². The topological polar surface area (TPSA) is 87.2 Å². The van der Waals surface area contributed by atoms with E-state index in [4.69, 9.17) is 4.74 Å². The summed E-state index contributed by atoms with van der Waals surface area (Å²) in [6, 6.07) is -1.24. The predicted octanol–water partition coefficient (Wildman–Crippen LogP) is 1.75. The molecule has 0 aliphatic carbocycles. The molecule has 7 nitrogen and oxygen atoms in total. The molecule has 8 heteroatoms. The van der Waals surface area contributed by atoms with Gasteiger partial charge in [0, 0.05) is 17.3 Å². The molecule has 0 aromatic heterocycles. The summed E-state index contributed by atoms with van der Waals surface area (Å²) in [5.41, 5.74) is -0.426. The summed E-state index contributed by atoms with van der Waals surface area (Å²) in [6.07, 6.45) is 9.13. The fraction of sp³-hybridized carbons (Fsp3) is 0.696. The fourth-order valence-corrected chi connectivity index (χ4v) is 7.45. The van der Waals surface area contributed by atoms with Crippen LogP contribution in [0.1, 0.15) is 40.5 Å². The standard InChI is InChI=1S/C23H32N2O5S/c1-5-14(13-26)25-18-20(28)24(22(2,3)4)11-8-10-23(18)17(19(25)27)16-15(31-23)9-6-7-12-30-21(16)29/h6,8-10,14-18,26H,5,7,11-13H2,1-4H3/t14-,15+,16-,17-,18?,23-/m0/s1. The van der Waals surface area contributed by atoms with Crippen LogP contribution in [0, 0.1) is 11.8 Å². The Balaban J connectivity index is 1.88. The van der Waals surface area contributed by atoms with Gasteiger partial charge < -0.3 is 19.6 Å². The number of rotatable bonds is 3. The number of thioether (sulfide) groups is 1. The maximum Gasteiger partial charge on any atom is 0.311 e. The summed E-state index contributed by atoms with van der Waals surface area (Å²) in [5.74, 6) is -2.06. The molecule has 2 saturated heterocycles. The lowest BCUT2D eigenvalue weighted by Gasteiger charge is -2.42. The Morgan fingerprint density at radius 1 is 1.26 bits per heavy atom. The Bertz CT molecular complexity index is 830. The molecule has 1 N–H and O–H groups in total. The molecule has 4 aliphatic heterocycles. The molecule has 4 rings (SSSR count). The molecule has 6 atom stereocenters. The van der Waals surface area contributed by atoms with Crippen LogP contribution in [0.15, 0.2) is 24.3 Å². The maximum atomic E-state index is 14.0. The fourth-order valence-electron chi connectivity index (χ4n) is 5.46. The van der Waals surface area contributed by atoms with Crippen molar-refractivity contribution in [3.05, 3.63) is 24.3 Å². The minimum atomic E-state index is -0.861. The predicted molar refractivity (Wildman–Crippen MR) is 118 cm³/mol. The molecule has 0 aromatic carbocycles. The molecule has 0 radical (unpaired) electrons. The quantitative estimate of drug-likeness (QED) is 0.523. The van der Waals surface area contributed by atoms with Crippen molar-refractivity contribution in [1.29, 1.82) is 0 Å². The first-order valence-corrected chi connectivity index (χ1v) is 12.0. The summed E-state index contributed by atoms with van der Waals surface area (Å²) in [6.45, 7) is 8.36. The molecule has 1 unspecified atom stereocenters. The number of ether oxygens (including phenoxy) is 1. The van der Waals surface area contributed by atoms with Crippen molar-refractivity contribution in [3.63, 3.8) is 0 Å². The van der Waals surface area contributed by atoms with Crippen molar-refractivity contribution in [1.82, 2.24) is 9.80 Å². The molecule has 4 aliphatic rings. The summed E-state index contributed by atoms with van der Waals surface area (Å²) < 4.78 is 4.61. The lowest BCUT2D eigenvalue weighted by molar-refractivity contribution is -0.154. The zero-order chi connectivity index (χ0) is 22.6. The van der Waals surface area contributed by atoms with E-state index in [0.29, 0.717) is 26.0 Å². The van der Waals surface area contributed by atoms with Gasteiger partial charge in [-0.25, -0.2) is 0 Å². The van der Waals surface area contributed by atoms with E-state index in [0.717, 1.165) is 0 Å². The molecule has 0 saturated carbocycles. The van der Waals surface area contributed by atoms with Crippen molar-refractivity contribution < 1.29 is 24.2 Å². The van der Waals surface area contributed by atoms with Gasteiger partial charge in [0.05, 0.1) is 35.8 Å². The molecular weight excluding hydrogens is 416 g/mol. The third-order valence-electron chi connectivity index (χ3n) is 6.94. The van der Waals surface area contributed by atoms with Crippen LogP contribution >= 0.6 is 11.8 Å². The van der Waals surface area contributed by atoms with Crippen LogP contribution in [0.2, 0.25) is 0 Å². The summed E-state index contributed by atoms with van der Waals surface area (Å²) in [4.78, 5) is 44.3. The molecule has 4 heterocycles. The Hall–Kier alpha value is -1.80. The first-order chi connectivity index (χ1) is 14.7. The van der Waals surface area contributed by atoms with Crippen LogP contribution in [-0.2, 0) is 19.1 Å². The molecule has 0 bridgehead atoms. The normalized spacial score (nSPS) is 36.4. The average molecular weight is 449 g/mol. The summed E-state index contributed by atoms with van der Waals surface area (Å²) in [7, 11) is 0. The first-order valence-electron chi connectivity index (χ1n) is 11.1. The van der Waals surface area contributed by atoms with Crippen LogP contribution in [-0.4, -0.2) is 80.1 Å². The number of nitrogens with zero attached hydrogens (tertiary/aromatic N) is 2. The van der Waals surface area contributed by atoms with Gasteiger partial charge in [-0.1, -0.05) is 31.2 Å². The maximum absolute atomic E-state index is 14.0. The minimum Gasteiger partial charge on any atom is -0.465 e. The van der Waals surface area contributed by atoms with Gasteiger partial charge in [0.1, 0.15) is 6.04 Å². The second-order valence-corrected chi connectivity index (χ2v) is 11.2. The lowest BCUT2D eigenvalue weighted by Crippen LogP contribution is -2.59. The van der Waals surface area contributed by atoms with Gasteiger partial charge in [0.25, 0.3) is 0 Å². The minimum absolute atomic E-state index is 0.126. The van der Waals surface area contributed by atoms with Gasteiger partial charge in [0.2, 0.25) is 11.8 Å². The second kappa shape index (κ2) is 7.96. The van der Waals surface area contributed by atoms with Crippen molar-refractivity contribution in [2.75, 3.05) is 19.8 Å². The second-order valence-electron chi connectivity index (χ2n) is 9.74. The zero-order valence-corrected chi connectivity index (χ0v) is 19.4. The zero-order valence-electron chi connectivity index (χ0n) is 18.6. The summed E-state index contributed by atoms with van der Waals surface area (Å²) in [5, 5.41) is 9.84. The van der Waals surface area contributed by atoms with E-state index < -0.39 is 34.2 Å². The molecular formula is C23H32N2O5S. The third kappa shape index (κ3) is 3.33. The number of aliphatic hydroxyl groups excluding tert-OH is 1. The van der Waals surface area contributed by atoms with Crippen molar-refractivity contribution in [3.8, 4) is 0 Å². The molecule has 0 aromatic rings. The number of cyclic esters (lactones) is 1. The van der Waals surface area contributed by atoms with Gasteiger partial charge in [-0.3, -0.25) is 14.4 Å². The Kier molecular flexibility index (Phi) is 5.75. The van der Waals surface area contributed by atoms with Gasteiger partial charge in [-0.05, 0) is 33.6 Å². The highest BCUT2D eigenvalue weighted by Crippen LogP contribution is 2.61. The molecule has 1 spiro atoms. The van der Waals surface area contributed by atoms with E-state index in [9.17, 15) is 19.5 Å². The van der Waals surface area contributed by atoms with Crippen LogP contribution < -0.4 is 0 Å². The van der Waals surface area contributed by atoms with Gasteiger partial charge >= 0.3 is 5.97 Å². The van der Waals surface area contributed by atoms with Crippen LogP contribution in [0.4, 0.5) is 0 Å². The number of aliphatic hydroxyl groups is 1. The lowest BCUT2D eigenvalue weighted by atomic mass is 9.78. The number of esters is 1. The molecule has 2 fully saturated rings. The highest BCUT2D eigenvalue weighted by Gasteiger charge is 2.71. The van der Waals surface area contributed by atoms with Gasteiger partial charge in [-0.2, -0.15) is 0 Å². The molecule has 31 heavy (non-hydrogen) atoms. The van der Waals surface area contributed by atoms with Gasteiger partial charge in [0.15, 0.2) is 0 Å². The van der Waals surface area contributed by atoms with E-state index >= 15 is 0 Å².